The number of hydrogen-bond donors (Lipinski definition) is 2. The molecule has 1 aliphatic rings. The second-order valence-electron chi connectivity index (χ2n) is 4.27. The summed E-state index contributed by atoms with van der Waals surface area (Å²) in [7, 11) is 0. The van der Waals surface area contributed by atoms with Crippen molar-refractivity contribution in [2.24, 2.45) is 0 Å². The van der Waals surface area contributed by atoms with Crippen molar-refractivity contribution >= 4 is 17.1 Å². The van der Waals surface area contributed by atoms with Crippen molar-refractivity contribution in [3.05, 3.63) is 64.2 Å². The first-order valence-corrected chi connectivity index (χ1v) is 5.85. The molecule has 0 spiro atoms. The van der Waals surface area contributed by atoms with Crippen LogP contribution in [0, 0.1) is 10.1 Å². The highest BCUT2D eigenvalue weighted by molar-refractivity contribution is 5.75. The average molecular weight is 256 g/mol. The molecular formula is C13H12N4O2. The molecule has 19 heavy (non-hydrogen) atoms. The Morgan fingerprint density at radius 2 is 1.95 bits per heavy atom. The Labute approximate surface area is 109 Å². The molecule has 2 aromatic carbocycles. The van der Waals surface area contributed by atoms with Crippen LogP contribution in [0.2, 0.25) is 0 Å². The number of nitrogens with one attached hydrogen (secondary N) is 2. The fourth-order valence-electron chi connectivity index (χ4n) is 2.04. The molecule has 0 aliphatic carbocycles. The average Bonchev–Trinajstić information content (AvgIpc) is 2.82. The van der Waals surface area contributed by atoms with Crippen LogP contribution in [0.3, 0.4) is 0 Å². The summed E-state index contributed by atoms with van der Waals surface area (Å²) in [5.74, 6) is 0. The van der Waals surface area contributed by atoms with Gasteiger partial charge in [0.1, 0.15) is 0 Å². The zero-order chi connectivity index (χ0) is 13.2. The molecule has 0 aromatic heterocycles. The Morgan fingerprint density at radius 3 is 2.68 bits per heavy atom. The first-order chi connectivity index (χ1) is 9.24. The van der Waals surface area contributed by atoms with Gasteiger partial charge in [0.15, 0.2) is 0 Å². The number of benzene rings is 2. The van der Waals surface area contributed by atoms with E-state index in [2.05, 4.69) is 11.0 Å². The number of hydrogen-bond acceptors (Lipinski definition) is 5. The molecule has 0 bridgehead atoms. The number of nitro benzene ring substituents is 1. The van der Waals surface area contributed by atoms with E-state index in [-0.39, 0.29) is 10.6 Å². The van der Waals surface area contributed by atoms with Crippen LogP contribution in [-0.4, -0.2) is 4.92 Å². The third-order valence-electron chi connectivity index (χ3n) is 2.99. The van der Waals surface area contributed by atoms with Crippen molar-refractivity contribution in [1.82, 2.24) is 5.53 Å². The maximum Gasteiger partial charge on any atom is 0.271 e. The van der Waals surface area contributed by atoms with Gasteiger partial charge in [0.05, 0.1) is 22.8 Å². The number of hydrazine groups is 2. The lowest BCUT2D eigenvalue weighted by Crippen LogP contribution is -2.35. The molecule has 2 aromatic rings. The second-order valence-corrected chi connectivity index (χ2v) is 4.27. The smallest absolute Gasteiger partial charge is 0.271 e. The summed E-state index contributed by atoms with van der Waals surface area (Å²) < 4.78 is 0. The lowest BCUT2D eigenvalue weighted by atomic mass is 10.2. The quantitative estimate of drug-likeness (QED) is 0.652. The highest BCUT2D eigenvalue weighted by atomic mass is 16.6. The van der Waals surface area contributed by atoms with Crippen molar-refractivity contribution in [2.45, 2.75) is 6.54 Å². The molecule has 96 valence electrons. The summed E-state index contributed by atoms with van der Waals surface area (Å²) in [6, 6.07) is 14.7. The normalized spacial score (nSPS) is 12.9. The van der Waals surface area contributed by atoms with Crippen molar-refractivity contribution in [3.63, 3.8) is 0 Å². The van der Waals surface area contributed by atoms with Gasteiger partial charge in [-0.2, -0.15) is 0 Å². The lowest BCUT2D eigenvalue weighted by molar-refractivity contribution is -0.384. The maximum atomic E-state index is 10.8. The minimum Gasteiger partial charge on any atom is -0.302 e. The molecular weight excluding hydrogens is 244 g/mol. The minimum absolute atomic E-state index is 0.0855. The van der Waals surface area contributed by atoms with Gasteiger partial charge >= 0.3 is 0 Å². The summed E-state index contributed by atoms with van der Waals surface area (Å²) in [5, 5.41) is 12.7. The fraction of sp³-hybridized carbons (Fsp3) is 0.0769. The van der Waals surface area contributed by atoms with Crippen LogP contribution < -0.4 is 16.0 Å². The van der Waals surface area contributed by atoms with Gasteiger partial charge in [0, 0.05) is 12.1 Å². The molecule has 6 nitrogen and oxygen atoms in total. The van der Waals surface area contributed by atoms with Crippen molar-refractivity contribution in [1.29, 1.82) is 0 Å². The summed E-state index contributed by atoms with van der Waals surface area (Å²) in [6.07, 6.45) is 0. The largest absolute Gasteiger partial charge is 0.302 e. The summed E-state index contributed by atoms with van der Waals surface area (Å²) >= 11 is 0. The van der Waals surface area contributed by atoms with Gasteiger partial charge in [-0.05, 0) is 11.6 Å². The van der Waals surface area contributed by atoms with E-state index < -0.39 is 0 Å². The Kier molecular flexibility index (Phi) is 2.77. The van der Waals surface area contributed by atoms with Crippen molar-refractivity contribution in [2.75, 3.05) is 10.4 Å². The Morgan fingerprint density at radius 1 is 1.16 bits per heavy atom. The van der Waals surface area contributed by atoms with Crippen molar-refractivity contribution in [3.8, 4) is 0 Å². The van der Waals surface area contributed by atoms with Crippen LogP contribution in [0.5, 0.6) is 0 Å². The van der Waals surface area contributed by atoms with Gasteiger partial charge in [-0.3, -0.25) is 15.1 Å². The lowest BCUT2D eigenvalue weighted by Gasteiger charge is -2.17. The van der Waals surface area contributed by atoms with E-state index in [4.69, 9.17) is 0 Å². The zero-order valence-electron chi connectivity index (χ0n) is 10.0. The van der Waals surface area contributed by atoms with Gasteiger partial charge in [-0.1, -0.05) is 30.3 Å². The topological polar surface area (TPSA) is 70.4 Å². The van der Waals surface area contributed by atoms with Crippen LogP contribution in [-0.2, 0) is 6.54 Å². The third kappa shape index (κ3) is 2.21. The van der Waals surface area contributed by atoms with E-state index in [9.17, 15) is 10.1 Å². The first-order valence-electron chi connectivity index (χ1n) is 5.85. The second kappa shape index (κ2) is 4.58. The van der Waals surface area contributed by atoms with Crippen LogP contribution in [0.15, 0.2) is 48.5 Å². The Balaban J connectivity index is 1.88. The highest BCUT2D eigenvalue weighted by Crippen LogP contribution is 2.33. The van der Waals surface area contributed by atoms with E-state index in [1.807, 2.05) is 35.3 Å². The van der Waals surface area contributed by atoms with Crippen LogP contribution >= 0.6 is 0 Å². The molecule has 0 saturated carbocycles. The van der Waals surface area contributed by atoms with Gasteiger partial charge in [-0.25, -0.2) is 0 Å². The third-order valence-corrected chi connectivity index (χ3v) is 2.99. The molecule has 1 heterocycles. The molecule has 2 N–H and O–H groups in total. The van der Waals surface area contributed by atoms with Crippen LogP contribution in [0.1, 0.15) is 5.56 Å². The minimum atomic E-state index is -0.390. The number of fused-ring (bicyclic) bond motifs is 1. The highest BCUT2D eigenvalue weighted by Gasteiger charge is 2.21. The number of anilines is 2. The van der Waals surface area contributed by atoms with E-state index in [1.54, 1.807) is 12.1 Å². The number of nitrogens with zero attached hydrogens (tertiary/aromatic N) is 2. The molecule has 0 radical (unpaired) electrons. The van der Waals surface area contributed by atoms with E-state index in [1.165, 1.54) is 6.07 Å². The first kappa shape index (κ1) is 11.5. The van der Waals surface area contributed by atoms with E-state index in [0.29, 0.717) is 6.54 Å². The predicted octanol–water partition coefficient (Wildman–Crippen LogP) is 2.45. The molecule has 1 aliphatic heterocycles. The molecule has 0 amide bonds. The molecule has 3 rings (SSSR count). The Bertz CT molecular complexity index is 615. The molecule has 0 unspecified atom stereocenters. The number of non-ortho nitro benzene ring substituents is 1. The van der Waals surface area contributed by atoms with Gasteiger partial charge in [0.2, 0.25) is 0 Å². The standard InChI is InChI=1S/C13H12N4O2/c18-17(19)11-6-7-12-13(8-11)16(15-14-12)9-10-4-2-1-3-5-10/h1-8,14-15H,9H2. The summed E-state index contributed by atoms with van der Waals surface area (Å²) in [6.45, 7) is 0.627. The molecule has 6 heteroatoms. The SMILES string of the molecule is O=[N+]([O-])c1ccc2c(c1)N(Cc1ccccc1)NN2. The van der Waals surface area contributed by atoms with E-state index >= 15 is 0 Å². The van der Waals surface area contributed by atoms with Crippen molar-refractivity contribution < 1.29 is 4.92 Å². The van der Waals surface area contributed by atoms with E-state index in [0.717, 1.165) is 16.9 Å². The van der Waals surface area contributed by atoms with Gasteiger partial charge < -0.3 is 5.43 Å². The van der Waals surface area contributed by atoms with Crippen LogP contribution in [0.4, 0.5) is 17.1 Å². The van der Waals surface area contributed by atoms with Gasteiger partial charge in [-0.15, -0.1) is 5.53 Å². The Hall–Kier alpha value is -2.60. The molecule has 0 atom stereocenters. The fourth-order valence-corrected chi connectivity index (χ4v) is 2.04. The summed E-state index contributed by atoms with van der Waals surface area (Å²) in [4.78, 5) is 10.4. The van der Waals surface area contributed by atoms with Gasteiger partial charge in [0.25, 0.3) is 5.69 Å². The number of nitro groups is 1. The monoisotopic (exact) mass is 256 g/mol. The van der Waals surface area contributed by atoms with Crippen LogP contribution in [0.25, 0.3) is 0 Å². The molecule has 0 fully saturated rings. The maximum absolute atomic E-state index is 10.8. The molecule has 0 saturated heterocycles. The summed E-state index contributed by atoms with van der Waals surface area (Å²) in [5.41, 5.74) is 8.80. The number of rotatable bonds is 3. The predicted molar refractivity (Wildman–Crippen MR) is 72.5 cm³/mol. The zero-order valence-corrected chi connectivity index (χ0v) is 10.0.